The standard InChI is InChI=1S/C5H6O5/c1-2(4(7)8)3(6)5(9)10/h2H,1H3,(H,7,8)(H,9,10)/p-2. The molecule has 0 aliphatic carbocycles. The van der Waals surface area contributed by atoms with Crippen LogP contribution in [0.1, 0.15) is 6.92 Å². The van der Waals surface area contributed by atoms with Gasteiger partial charge in [-0.3, -0.25) is 4.79 Å². The minimum absolute atomic E-state index is 0.924. The van der Waals surface area contributed by atoms with E-state index in [9.17, 15) is 24.6 Å². The molecule has 0 spiro atoms. The molecule has 0 aromatic heterocycles. The number of aliphatic carboxylic acids is 2. The molecular formula is C5H4O5-2. The van der Waals surface area contributed by atoms with Crippen molar-refractivity contribution in [3.05, 3.63) is 0 Å². The minimum atomic E-state index is -2.00. The lowest BCUT2D eigenvalue weighted by Gasteiger charge is -2.10. The van der Waals surface area contributed by atoms with Gasteiger partial charge in [-0.15, -0.1) is 0 Å². The maximum Gasteiger partial charge on any atom is 0.186 e. The van der Waals surface area contributed by atoms with E-state index in [1.165, 1.54) is 0 Å². The zero-order valence-electron chi connectivity index (χ0n) is 5.12. The summed E-state index contributed by atoms with van der Waals surface area (Å²) in [6.07, 6.45) is 0. The molecule has 0 aliphatic heterocycles. The fraction of sp³-hybridized carbons (Fsp3) is 0.400. The molecule has 0 aromatic rings. The highest BCUT2D eigenvalue weighted by Crippen LogP contribution is 1.92. The molecule has 0 radical (unpaired) electrons. The Morgan fingerprint density at radius 3 is 1.70 bits per heavy atom. The molecule has 0 aromatic carbocycles. The number of carboxylic acid groups (broad SMARTS) is 2. The van der Waals surface area contributed by atoms with E-state index in [0.717, 1.165) is 6.92 Å². The van der Waals surface area contributed by atoms with Crippen LogP contribution >= 0.6 is 0 Å². The summed E-state index contributed by atoms with van der Waals surface area (Å²) >= 11 is 0. The molecule has 0 saturated carbocycles. The van der Waals surface area contributed by atoms with Gasteiger partial charge in [0.1, 0.15) is 5.97 Å². The van der Waals surface area contributed by atoms with Crippen LogP contribution < -0.4 is 10.2 Å². The number of carbonyl (C=O) groups is 3. The number of Topliss-reactive ketones (excluding diaryl/α,β-unsaturated/α-hetero) is 1. The van der Waals surface area contributed by atoms with Crippen LogP contribution in [0.5, 0.6) is 0 Å². The number of hydrogen-bond acceptors (Lipinski definition) is 5. The van der Waals surface area contributed by atoms with E-state index in [1.807, 2.05) is 0 Å². The molecule has 0 heterocycles. The quantitative estimate of drug-likeness (QED) is 0.305. The fourth-order valence-corrected chi connectivity index (χ4v) is 0.284. The normalized spacial score (nSPS) is 12.1. The van der Waals surface area contributed by atoms with Crippen molar-refractivity contribution in [2.24, 2.45) is 5.92 Å². The van der Waals surface area contributed by atoms with Crippen molar-refractivity contribution in [2.45, 2.75) is 6.92 Å². The van der Waals surface area contributed by atoms with Crippen molar-refractivity contribution in [3.63, 3.8) is 0 Å². The highest BCUT2D eigenvalue weighted by atomic mass is 16.4. The van der Waals surface area contributed by atoms with Crippen LogP contribution in [-0.2, 0) is 14.4 Å². The number of carboxylic acids is 2. The van der Waals surface area contributed by atoms with Gasteiger partial charge in [0.2, 0.25) is 0 Å². The topological polar surface area (TPSA) is 97.3 Å². The zero-order chi connectivity index (χ0) is 8.31. The number of rotatable bonds is 3. The second kappa shape index (κ2) is 2.95. The number of carbonyl (C=O) groups excluding carboxylic acids is 3. The highest BCUT2D eigenvalue weighted by Gasteiger charge is 2.13. The van der Waals surface area contributed by atoms with Gasteiger partial charge < -0.3 is 19.8 Å². The van der Waals surface area contributed by atoms with Crippen molar-refractivity contribution >= 4 is 17.7 Å². The smallest absolute Gasteiger partial charge is 0.186 e. The van der Waals surface area contributed by atoms with Crippen molar-refractivity contribution in [3.8, 4) is 0 Å². The Morgan fingerprint density at radius 2 is 1.60 bits per heavy atom. The first-order valence-electron chi connectivity index (χ1n) is 2.43. The summed E-state index contributed by atoms with van der Waals surface area (Å²) in [5.41, 5.74) is 0. The van der Waals surface area contributed by atoms with Gasteiger partial charge in [-0.2, -0.15) is 0 Å². The average molecular weight is 144 g/mol. The van der Waals surface area contributed by atoms with E-state index in [-0.39, 0.29) is 0 Å². The van der Waals surface area contributed by atoms with Crippen molar-refractivity contribution in [1.82, 2.24) is 0 Å². The van der Waals surface area contributed by atoms with E-state index in [0.29, 0.717) is 0 Å². The van der Waals surface area contributed by atoms with Crippen molar-refractivity contribution in [1.29, 1.82) is 0 Å². The van der Waals surface area contributed by atoms with Crippen LogP contribution in [0, 0.1) is 5.92 Å². The molecule has 1 unspecified atom stereocenters. The summed E-state index contributed by atoms with van der Waals surface area (Å²) in [4.78, 5) is 29.7. The first kappa shape index (κ1) is 8.61. The molecule has 0 saturated heterocycles. The Balaban J connectivity index is 4.22. The number of ketones is 1. The Labute approximate surface area is 56.3 Å². The minimum Gasteiger partial charge on any atom is -0.549 e. The Hall–Kier alpha value is -1.39. The molecule has 0 bridgehead atoms. The van der Waals surface area contributed by atoms with Crippen LogP contribution in [0.25, 0.3) is 0 Å². The van der Waals surface area contributed by atoms with Crippen LogP contribution in [0.4, 0.5) is 0 Å². The van der Waals surface area contributed by atoms with Crippen LogP contribution in [0.3, 0.4) is 0 Å². The Bertz CT molecular complexity index is 182. The molecule has 0 amide bonds. The molecule has 0 fully saturated rings. The SMILES string of the molecule is CC(C(=O)[O-])C(=O)C(=O)[O-]. The van der Waals surface area contributed by atoms with Crippen LogP contribution in [0.15, 0.2) is 0 Å². The van der Waals surface area contributed by atoms with Gasteiger partial charge in [-0.25, -0.2) is 0 Å². The van der Waals surface area contributed by atoms with Gasteiger partial charge in [-0.1, -0.05) is 0 Å². The van der Waals surface area contributed by atoms with E-state index in [4.69, 9.17) is 0 Å². The van der Waals surface area contributed by atoms with E-state index < -0.39 is 23.6 Å². The molecular weight excluding hydrogens is 140 g/mol. The summed E-state index contributed by atoms with van der Waals surface area (Å²) in [6, 6.07) is 0. The lowest BCUT2D eigenvalue weighted by atomic mass is 10.1. The average Bonchev–Trinajstić information content (AvgIpc) is 1.84. The molecule has 10 heavy (non-hydrogen) atoms. The van der Waals surface area contributed by atoms with Crippen LogP contribution in [-0.4, -0.2) is 17.7 Å². The first-order valence-corrected chi connectivity index (χ1v) is 2.43. The Morgan fingerprint density at radius 1 is 1.20 bits per heavy atom. The summed E-state index contributed by atoms with van der Waals surface area (Å²) in [7, 11) is 0. The zero-order valence-corrected chi connectivity index (χ0v) is 5.12. The summed E-state index contributed by atoms with van der Waals surface area (Å²) < 4.78 is 0. The lowest BCUT2D eigenvalue weighted by molar-refractivity contribution is -0.314. The maximum atomic E-state index is 10.2. The van der Waals surface area contributed by atoms with Crippen molar-refractivity contribution < 1.29 is 24.6 Å². The first-order chi connectivity index (χ1) is 4.46. The fourth-order valence-electron chi connectivity index (χ4n) is 0.284. The summed E-state index contributed by atoms with van der Waals surface area (Å²) in [5, 5.41) is 19.5. The second-order valence-corrected chi connectivity index (χ2v) is 1.69. The largest absolute Gasteiger partial charge is 0.549 e. The molecule has 5 nitrogen and oxygen atoms in total. The molecule has 56 valence electrons. The maximum absolute atomic E-state index is 10.2. The second-order valence-electron chi connectivity index (χ2n) is 1.69. The molecule has 0 aliphatic rings. The van der Waals surface area contributed by atoms with Gasteiger partial charge in [0.05, 0.1) is 11.9 Å². The van der Waals surface area contributed by atoms with Gasteiger partial charge in [-0.05, 0) is 6.92 Å². The highest BCUT2D eigenvalue weighted by molar-refractivity contribution is 6.35. The van der Waals surface area contributed by atoms with Gasteiger partial charge in [0, 0.05) is 0 Å². The lowest BCUT2D eigenvalue weighted by Crippen LogP contribution is -2.43. The van der Waals surface area contributed by atoms with Crippen molar-refractivity contribution in [2.75, 3.05) is 0 Å². The summed E-state index contributed by atoms with van der Waals surface area (Å²) in [5.74, 6) is -6.82. The predicted molar refractivity (Wildman–Crippen MR) is 24.2 cm³/mol. The molecule has 1 atom stereocenters. The number of hydrogen-bond donors (Lipinski definition) is 0. The van der Waals surface area contributed by atoms with E-state index >= 15 is 0 Å². The van der Waals surface area contributed by atoms with Crippen LogP contribution in [0.2, 0.25) is 0 Å². The van der Waals surface area contributed by atoms with E-state index in [1.54, 1.807) is 0 Å². The van der Waals surface area contributed by atoms with Gasteiger partial charge in [0.25, 0.3) is 0 Å². The van der Waals surface area contributed by atoms with E-state index in [2.05, 4.69) is 0 Å². The predicted octanol–water partition coefficient (Wildman–Crippen LogP) is -3.31. The molecule has 0 N–H and O–H groups in total. The molecule has 0 rings (SSSR count). The monoisotopic (exact) mass is 144 g/mol. The van der Waals surface area contributed by atoms with Gasteiger partial charge in [0.15, 0.2) is 5.78 Å². The van der Waals surface area contributed by atoms with Gasteiger partial charge >= 0.3 is 0 Å². The summed E-state index contributed by atoms with van der Waals surface area (Å²) in [6.45, 7) is 0.924. The third-order valence-electron chi connectivity index (χ3n) is 0.948. The third kappa shape index (κ3) is 1.85. The Kier molecular flexibility index (Phi) is 2.54. The third-order valence-corrected chi connectivity index (χ3v) is 0.948. The molecule has 5 heteroatoms.